The summed E-state index contributed by atoms with van der Waals surface area (Å²) in [6.45, 7) is 5.96. The lowest BCUT2D eigenvalue weighted by atomic mass is 10.1. The minimum absolute atomic E-state index is 0.712. The zero-order valence-electron chi connectivity index (χ0n) is 16.8. The standard InChI is InChI=1S/C22H22N4O2S/c1-14-6-5-7-17(12-14)21-23-24-22(29-13-20-15(2)25-28-16(20)3)26(21)18-8-10-19(27-4)11-9-18/h5-12H,13H2,1-4H3. The first-order chi connectivity index (χ1) is 14.1. The van der Waals surface area contributed by atoms with Crippen molar-refractivity contribution in [3.8, 4) is 22.8 Å². The van der Waals surface area contributed by atoms with Crippen molar-refractivity contribution in [1.29, 1.82) is 0 Å². The molecule has 0 radical (unpaired) electrons. The second-order valence-electron chi connectivity index (χ2n) is 6.80. The van der Waals surface area contributed by atoms with Gasteiger partial charge in [0, 0.05) is 22.6 Å². The van der Waals surface area contributed by atoms with Crippen LogP contribution in [0.3, 0.4) is 0 Å². The van der Waals surface area contributed by atoms with Gasteiger partial charge in [-0.05, 0) is 51.1 Å². The van der Waals surface area contributed by atoms with E-state index in [0.29, 0.717) is 5.75 Å². The normalized spacial score (nSPS) is 11.0. The van der Waals surface area contributed by atoms with E-state index >= 15 is 0 Å². The van der Waals surface area contributed by atoms with Gasteiger partial charge in [0.15, 0.2) is 11.0 Å². The number of ether oxygens (including phenoxy) is 1. The fourth-order valence-electron chi connectivity index (χ4n) is 3.14. The maximum Gasteiger partial charge on any atom is 0.196 e. The number of benzene rings is 2. The van der Waals surface area contributed by atoms with Crippen LogP contribution in [-0.2, 0) is 5.75 Å². The van der Waals surface area contributed by atoms with Gasteiger partial charge in [-0.3, -0.25) is 4.57 Å². The summed E-state index contributed by atoms with van der Waals surface area (Å²) in [5.41, 5.74) is 5.18. The van der Waals surface area contributed by atoms with Gasteiger partial charge in [0.25, 0.3) is 0 Å². The predicted octanol–water partition coefficient (Wildman–Crippen LogP) is 5.15. The molecule has 0 atom stereocenters. The molecule has 2 aromatic carbocycles. The molecule has 0 amide bonds. The molecule has 0 bridgehead atoms. The third-order valence-corrected chi connectivity index (χ3v) is 5.72. The molecular formula is C22H22N4O2S. The van der Waals surface area contributed by atoms with Crippen LogP contribution in [0.15, 0.2) is 58.2 Å². The van der Waals surface area contributed by atoms with Crippen molar-refractivity contribution in [2.45, 2.75) is 31.7 Å². The van der Waals surface area contributed by atoms with Crippen LogP contribution < -0.4 is 4.74 Å². The zero-order valence-corrected chi connectivity index (χ0v) is 17.7. The quantitative estimate of drug-likeness (QED) is 0.413. The highest BCUT2D eigenvalue weighted by Gasteiger charge is 2.18. The van der Waals surface area contributed by atoms with Gasteiger partial charge < -0.3 is 9.26 Å². The van der Waals surface area contributed by atoms with Crippen LogP contribution in [0.25, 0.3) is 17.1 Å². The van der Waals surface area contributed by atoms with Crippen LogP contribution in [-0.4, -0.2) is 27.0 Å². The monoisotopic (exact) mass is 406 g/mol. The fourth-order valence-corrected chi connectivity index (χ4v) is 4.25. The van der Waals surface area contributed by atoms with Gasteiger partial charge in [0.05, 0.1) is 12.8 Å². The Kier molecular flexibility index (Phi) is 5.40. The molecule has 0 spiro atoms. The number of hydrogen-bond acceptors (Lipinski definition) is 6. The molecule has 2 heterocycles. The van der Waals surface area contributed by atoms with Gasteiger partial charge in [0.1, 0.15) is 11.5 Å². The Morgan fingerprint density at radius 3 is 2.48 bits per heavy atom. The maximum atomic E-state index is 5.31. The van der Waals surface area contributed by atoms with Crippen molar-refractivity contribution in [1.82, 2.24) is 19.9 Å². The summed E-state index contributed by atoms with van der Waals surface area (Å²) >= 11 is 1.62. The summed E-state index contributed by atoms with van der Waals surface area (Å²) in [5.74, 6) is 3.16. The van der Waals surface area contributed by atoms with Crippen molar-refractivity contribution < 1.29 is 9.26 Å². The van der Waals surface area contributed by atoms with E-state index in [-0.39, 0.29) is 0 Å². The molecule has 0 unspecified atom stereocenters. The summed E-state index contributed by atoms with van der Waals surface area (Å²) in [6, 6.07) is 16.2. The highest BCUT2D eigenvalue weighted by atomic mass is 32.2. The molecule has 29 heavy (non-hydrogen) atoms. The Morgan fingerprint density at radius 1 is 1.03 bits per heavy atom. The van der Waals surface area contributed by atoms with Gasteiger partial charge in [-0.25, -0.2) is 0 Å². The Balaban J connectivity index is 1.76. The van der Waals surface area contributed by atoms with Gasteiger partial charge >= 0.3 is 0 Å². The lowest BCUT2D eigenvalue weighted by Gasteiger charge is -2.11. The number of aromatic nitrogens is 4. The molecule has 0 saturated carbocycles. The second kappa shape index (κ2) is 8.13. The van der Waals surface area contributed by atoms with Crippen molar-refractivity contribution in [3.05, 3.63) is 71.1 Å². The number of methoxy groups -OCH3 is 1. The van der Waals surface area contributed by atoms with Crippen LogP contribution in [0.1, 0.15) is 22.6 Å². The Hall–Kier alpha value is -3.06. The molecule has 4 rings (SSSR count). The van der Waals surface area contributed by atoms with E-state index in [1.807, 2.05) is 44.2 Å². The number of nitrogens with zero attached hydrogens (tertiary/aromatic N) is 4. The Bertz CT molecular complexity index is 1110. The number of thioether (sulfide) groups is 1. The topological polar surface area (TPSA) is 66.0 Å². The Labute approximate surface area is 173 Å². The van der Waals surface area contributed by atoms with Crippen molar-refractivity contribution in [2.75, 3.05) is 7.11 Å². The average Bonchev–Trinajstić information content (AvgIpc) is 3.29. The molecule has 4 aromatic rings. The van der Waals surface area contributed by atoms with E-state index in [1.165, 1.54) is 5.56 Å². The summed E-state index contributed by atoms with van der Waals surface area (Å²) in [4.78, 5) is 0. The Morgan fingerprint density at radius 2 is 1.83 bits per heavy atom. The number of rotatable bonds is 6. The number of hydrogen-bond donors (Lipinski definition) is 0. The fraction of sp³-hybridized carbons (Fsp3) is 0.227. The SMILES string of the molecule is COc1ccc(-n2c(SCc3c(C)noc3C)nnc2-c2cccc(C)c2)cc1. The smallest absolute Gasteiger partial charge is 0.196 e. The summed E-state index contributed by atoms with van der Waals surface area (Å²) < 4.78 is 12.7. The second-order valence-corrected chi connectivity index (χ2v) is 7.74. The first-order valence-electron chi connectivity index (χ1n) is 9.28. The van der Waals surface area contributed by atoms with E-state index in [1.54, 1.807) is 18.9 Å². The number of aryl methyl sites for hydroxylation is 3. The molecule has 2 aromatic heterocycles. The molecule has 0 fully saturated rings. The predicted molar refractivity (Wildman–Crippen MR) is 114 cm³/mol. The lowest BCUT2D eigenvalue weighted by Crippen LogP contribution is -2.00. The van der Waals surface area contributed by atoms with Gasteiger partial charge in [-0.2, -0.15) is 0 Å². The minimum atomic E-state index is 0.712. The van der Waals surface area contributed by atoms with E-state index in [9.17, 15) is 0 Å². The molecule has 0 aliphatic carbocycles. The van der Waals surface area contributed by atoms with Crippen LogP contribution in [0.4, 0.5) is 0 Å². The van der Waals surface area contributed by atoms with E-state index < -0.39 is 0 Å². The zero-order chi connectivity index (χ0) is 20.4. The minimum Gasteiger partial charge on any atom is -0.497 e. The van der Waals surface area contributed by atoms with Crippen LogP contribution >= 0.6 is 11.8 Å². The van der Waals surface area contributed by atoms with Crippen LogP contribution in [0, 0.1) is 20.8 Å². The van der Waals surface area contributed by atoms with Gasteiger partial charge in [-0.15, -0.1) is 10.2 Å². The van der Waals surface area contributed by atoms with Gasteiger partial charge in [-0.1, -0.05) is 40.7 Å². The average molecular weight is 407 g/mol. The van der Waals surface area contributed by atoms with E-state index in [4.69, 9.17) is 9.26 Å². The molecule has 0 saturated heterocycles. The molecule has 0 aliphatic heterocycles. The van der Waals surface area contributed by atoms with E-state index in [2.05, 4.69) is 45.0 Å². The summed E-state index contributed by atoms with van der Waals surface area (Å²) in [5, 5.41) is 13.9. The summed E-state index contributed by atoms with van der Waals surface area (Å²) in [7, 11) is 1.66. The molecule has 6 nitrogen and oxygen atoms in total. The van der Waals surface area contributed by atoms with Crippen molar-refractivity contribution in [2.24, 2.45) is 0 Å². The third-order valence-electron chi connectivity index (χ3n) is 4.77. The van der Waals surface area contributed by atoms with Crippen LogP contribution in [0.2, 0.25) is 0 Å². The largest absolute Gasteiger partial charge is 0.497 e. The van der Waals surface area contributed by atoms with Crippen LogP contribution in [0.5, 0.6) is 5.75 Å². The van der Waals surface area contributed by atoms with E-state index in [0.717, 1.165) is 45.0 Å². The molecular weight excluding hydrogens is 384 g/mol. The highest BCUT2D eigenvalue weighted by molar-refractivity contribution is 7.98. The molecule has 0 aliphatic rings. The first kappa shape index (κ1) is 19.3. The summed E-state index contributed by atoms with van der Waals surface area (Å²) in [6.07, 6.45) is 0. The lowest BCUT2D eigenvalue weighted by molar-refractivity contribution is 0.392. The molecule has 148 valence electrons. The first-order valence-corrected chi connectivity index (χ1v) is 10.3. The molecule has 7 heteroatoms. The highest BCUT2D eigenvalue weighted by Crippen LogP contribution is 2.31. The maximum absolute atomic E-state index is 5.31. The van der Waals surface area contributed by atoms with Crippen molar-refractivity contribution in [3.63, 3.8) is 0 Å². The van der Waals surface area contributed by atoms with Crippen molar-refractivity contribution >= 4 is 11.8 Å². The van der Waals surface area contributed by atoms with Gasteiger partial charge in [0.2, 0.25) is 0 Å². The molecule has 0 N–H and O–H groups in total. The third kappa shape index (κ3) is 3.91.